The molecule has 0 atom stereocenters. The van der Waals surface area contributed by atoms with Crippen molar-refractivity contribution in [2.75, 3.05) is 20.1 Å². The van der Waals surface area contributed by atoms with E-state index in [1.165, 1.54) is 11.4 Å². The maximum Gasteiger partial charge on any atom is 0.246 e. The van der Waals surface area contributed by atoms with Gasteiger partial charge in [0.1, 0.15) is 10.7 Å². The first-order valence-corrected chi connectivity index (χ1v) is 8.78. The van der Waals surface area contributed by atoms with Gasteiger partial charge in [0.2, 0.25) is 10.0 Å². The molecular weight excluding hydrogens is 371 g/mol. The van der Waals surface area contributed by atoms with Crippen LogP contribution in [0, 0.1) is 5.82 Å². The lowest BCUT2D eigenvalue weighted by Gasteiger charge is -2.31. The van der Waals surface area contributed by atoms with Crippen molar-refractivity contribution in [2.24, 2.45) is 0 Å². The zero-order valence-corrected chi connectivity index (χ0v) is 14.0. The number of hydrogen-bond donors (Lipinski definition) is 1. The Balaban J connectivity index is 2.36. The van der Waals surface area contributed by atoms with Crippen molar-refractivity contribution in [3.8, 4) is 0 Å². The number of sulfonamides is 1. The van der Waals surface area contributed by atoms with Crippen LogP contribution in [0.4, 0.5) is 4.39 Å². The zero-order valence-electron chi connectivity index (χ0n) is 10.9. The highest BCUT2D eigenvalue weighted by molar-refractivity contribution is 9.10. The second-order valence-corrected chi connectivity index (χ2v) is 7.93. The van der Waals surface area contributed by atoms with Gasteiger partial charge in [-0.25, -0.2) is 12.8 Å². The van der Waals surface area contributed by atoms with Gasteiger partial charge in [0.25, 0.3) is 0 Å². The lowest BCUT2D eigenvalue weighted by molar-refractivity contribution is 0.295. The SMILES string of the molecule is CN(C1CCNCC1)S(=O)(=O)c1cc(Cl)c(Br)cc1F. The van der Waals surface area contributed by atoms with Crippen LogP contribution in [-0.2, 0) is 10.0 Å². The van der Waals surface area contributed by atoms with Crippen LogP contribution in [0.1, 0.15) is 12.8 Å². The largest absolute Gasteiger partial charge is 0.317 e. The minimum absolute atomic E-state index is 0.122. The second kappa shape index (κ2) is 6.27. The highest BCUT2D eigenvalue weighted by Crippen LogP contribution is 2.30. The fraction of sp³-hybridized carbons (Fsp3) is 0.500. The molecule has 2 rings (SSSR count). The molecule has 112 valence electrons. The predicted molar refractivity (Wildman–Crippen MR) is 80.0 cm³/mol. The Bertz CT molecular complexity index is 606. The number of nitrogens with zero attached hydrogens (tertiary/aromatic N) is 1. The van der Waals surface area contributed by atoms with E-state index < -0.39 is 15.8 Å². The molecule has 1 fully saturated rings. The topological polar surface area (TPSA) is 49.4 Å². The second-order valence-electron chi connectivity index (χ2n) is 4.70. The van der Waals surface area contributed by atoms with Gasteiger partial charge in [-0.2, -0.15) is 4.31 Å². The molecule has 0 aromatic heterocycles. The van der Waals surface area contributed by atoms with E-state index >= 15 is 0 Å². The molecular formula is C12H15BrClFN2O2S. The van der Waals surface area contributed by atoms with Crippen molar-refractivity contribution in [1.29, 1.82) is 0 Å². The summed E-state index contributed by atoms with van der Waals surface area (Å²) in [6, 6.07) is 2.10. The summed E-state index contributed by atoms with van der Waals surface area (Å²) in [7, 11) is -2.40. The van der Waals surface area contributed by atoms with Crippen molar-refractivity contribution >= 4 is 37.6 Å². The molecule has 1 N–H and O–H groups in total. The van der Waals surface area contributed by atoms with Crippen LogP contribution in [0.15, 0.2) is 21.5 Å². The van der Waals surface area contributed by atoms with Crippen LogP contribution < -0.4 is 5.32 Å². The average Bonchev–Trinajstić information content (AvgIpc) is 2.42. The summed E-state index contributed by atoms with van der Waals surface area (Å²) in [5.74, 6) is -0.804. The van der Waals surface area contributed by atoms with Gasteiger partial charge in [-0.15, -0.1) is 0 Å². The van der Waals surface area contributed by atoms with Gasteiger partial charge >= 0.3 is 0 Å². The fourth-order valence-corrected chi connectivity index (χ4v) is 4.25. The third-order valence-corrected chi connectivity index (χ3v) is 6.58. The monoisotopic (exact) mass is 384 g/mol. The average molecular weight is 386 g/mol. The molecule has 1 aromatic carbocycles. The number of piperidine rings is 1. The maximum absolute atomic E-state index is 13.9. The van der Waals surface area contributed by atoms with E-state index in [4.69, 9.17) is 11.6 Å². The molecule has 4 nitrogen and oxygen atoms in total. The van der Waals surface area contributed by atoms with Gasteiger partial charge in [-0.05, 0) is 54.0 Å². The first-order valence-electron chi connectivity index (χ1n) is 6.17. The zero-order chi connectivity index (χ0) is 14.9. The van der Waals surface area contributed by atoms with E-state index in [1.54, 1.807) is 0 Å². The molecule has 0 aliphatic carbocycles. The Kier molecular flexibility index (Phi) is 5.07. The van der Waals surface area contributed by atoms with Crippen molar-refractivity contribution < 1.29 is 12.8 Å². The van der Waals surface area contributed by atoms with Crippen LogP contribution in [-0.4, -0.2) is 38.9 Å². The number of hydrogen-bond acceptors (Lipinski definition) is 3. The highest BCUT2D eigenvalue weighted by atomic mass is 79.9. The molecule has 1 heterocycles. The van der Waals surface area contributed by atoms with Gasteiger partial charge in [0, 0.05) is 17.6 Å². The molecule has 0 radical (unpaired) electrons. The number of halogens is 3. The summed E-state index contributed by atoms with van der Waals surface area (Å²) in [6.07, 6.45) is 1.42. The molecule has 0 saturated carbocycles. The quantitative estimate of drug-likeness (QED) is 0.814. The molecule has 1 aliphatic rings. The van der Waals surface area contributed by atoms with E-state index in [0.29, 0.717) is 17.3 Å². The van der Waals surface area contributed by atoms with E-state index in [2.05, 4.69) is 21.2 Å². The van der Waals surface area contributed by atoms with E-state index in [0.717, 1.165) is 25.2 Å². The minimum Gasteiger partial charge on any atom is -0.317 e. The Morgan fingerprint density at radius 1 is 1.40 bits per heavy atom. The molecule has 0 amide bonds. The van der Waals surface area contributed by atoms with Crippen LogP contribution in [0.3, 0.4) is 0 Å². The molecule has 1 aromatic rings. The molecule has 1 aliphatic heterocycles. The van der Waals surface area contributed by atoms with Crippen LogP contribution in [0.2, 0.25) is 5.02 Å². The lowest BCUT2D eigenvalue weighted by atomic mass is 10.1. The summed E-state index contributed by atoms with van der Waals surface area (Å²) in [5.41, 5.74) is 0. The van der Waals surface area contributed by atoms with E-state index in [-0.39, 0.29) is 16.0 Å². The number of rotatable bonds is 3. The summed E-state index contributed by atoms with van der Waals surface area (Å²) >= 11 is 8.95. The highest BCUT2D eigenvalue weighted by Gasteiger charge is 2.31. The summed E-state index contributed by atoms with van der Waals surface area (Å²) < 4.78 is 40.5. The summed E-state index contributed by atoms with van der Waals surface area (Å²) in [5, 5.41) is 3.34. The molecule has 0 bridgehead atoms. The molecule has 20 heavy (non-hydrogen) atoms. The fourth-order valence-electron chi connectivity index (χ4n) is 2.22. The molecule has 8 heteroatoms. The van der Waals surface area contributed by atoms with Gasteiger partial charge < -0.3 is 5.32 Å². The number of benzene rings is 1. The molecule has 1 saturated heterocycles. The lowest BCUT2D eigenvalue weighted by Crippen LogP contribution is -2.44. The first kappa shape index (κ1) is 16.2. The smallest absolute Gasteiger partial charge is 0.246 e. The number of nitrogens with one attached hydrogen (secondary N) is 1. The van der Waals surface area contributed by atoms with Gasteiger partial charge in [0.15, 0.2) is 0 Å². The van der Waals surface area contributed by atoms with Crippen LogP contribution in [0.5, 0.6) is 0 Å². The molecule has 0 spiro atoms. The summed E-state index contributed by atoms with van der Waals surface area (Å²) in [4.78, 5) is -0.383. The van der Waals surface area contributed by atoms with E-state index in [1.807, 2.05) is 0 Å². The van der Waals surface area contributed by atoms with Crippen molar-refractivity contribution in [3.63, 3.8) is 0 Å². The third kappa shape index (κ3) is 3.17. The summed E-state index contributed by atoms with van der Waals surface area (Å²) in [6.45, 7) is 1.52. The van der Waals surface area contributed by atoms with Gasteiger partial charge in [0.05, 0.1) is 5.02 Å². The first-order chi connectivity index (χ1) is 9.34. The van der Waals surface area contributed by atoms with Gasteiger partial charge in [-0.1, -0.05) is 11.6 Å². The third-order valence-electron chi connectivity index (χ3n) is 3.45. The standard InChI is InChI=1S/C12H15BrClFN2O2S/c1-17(8-2-4-16-5-3-8)20(18,19)12-7-10(14)9(13)6-11(12)15/h6-8,16H,2-5H2,1H3. The van der Waals surface area contributed by atoms with Gasteiger partial charge in [-0.3, -0.25) is 0 Å². The normalized spacial score (nSPS) is 17.6. The Hall–Kier alpha value is -0.210. The van der Waals surface area contributed by atoms with Crippen LogP contribution >= 0.6 is 27.5 Å². The Labute approximate surface area is 131 Å². The predicted octanol–water partition coefficient (Wildman–Crippen LogP) is 2.61. The van der Waals surface area contributed by atoms with E-state index in [9.17, 15) is 12.8 Å². The Morgan fingerprint density at radius 2 is 2.00 bits per heavy atom. The Morgan fingerprint density at radius 3 is 2.60 bits per heavy atom. The van der Waals surface area contributed by atoms with Crippen molar-refractivity contribution in [3.05, 3.63) is 27.4 Å². The van der Waals surface area contributed by atoms with Crippen LogP contribution in [0.25, 0.3) is 0 Å². The van der Waals surface area contributed by atoms with Crippen molar-refractivity contribution in [1.82, 2.24) is 9.62 Å². The van der Waals surface area contributed by atoms with Crippen molar-refractivity contribution in [2.45, 2.75) is 23.8 Å². The maximum atomic E-state index is 13.9. The minimum atomic E-state index is -3.88. The molecule has 0 unspecified atom stereocenters.